The molecule has 1 heterocycles. The highest BCUT2D eigenvalue weighted by molar-refractivity contribution is 7.18. The van der Waals surface area contributed by atoms with E-state index in [0.717, 1.165) is 16.1 Å². The van der Waals surface area contributed by atoms with Gasteiger partial charge >= 0.3 is 0 Å². The molecule has 94 valence electrons. The zero-order valence-corrected chi connectivity index (χ0v) is 11.4. The average molecular weight is 261 g/mol. The number of amides is 1. The molecule has 2 aromatic rings. The fourth-order valence-electron chi connectivity index (χ4n) is 1.45. The van der Waals surface area contributed by atoms with E-state index in [1.807, 2.05) is 45.0 Å². The number of anilines is 1. The summed E-state index contributed by atoms with van der Waals surface area (Å²) >= 11 is 1.39. The van der Waals surface area contributed by atoms with Crippen LogP contribution >= 0.6 is 11.3 Å². The zero-order valence-electron chi connectivity index (χ0n) is 10.6. The van der Waals surface area contributed by atoms with Gasteiger partial charge in [0.05, 0.1) is 0 Å². The number of nitrogens with zero attached hydrogens (tertiary/aromatic N) is 2. The number of hydrogen-bond acceptors (Lipinski definition) is 4. The lowest BCUT2D eigenvalue weighted by atomic mass is 10.1. The molecule has 0 radical (unpaired) electrons. The third-order valence-electron chi connectivity index (χ3n) is 2.55. The van der Waals surface area contributed by atoms with Crippen molar-refractivity contribution in [3.8, 4) is 10.6 Å². The summed E-state index contributed by atoms with van der Waals surface area (Å²) in [6.07, 6.45) is 0. The monoisotopic (exact) mass is 261 g/mol. The molecule has 0 atom stereocenters. The fourth-order valence-corrected chi connectivity index (χ4v) is 2.28. The maximum Gasteiger partial charge on any atom is 0.228 e. The van der Waals surface area contributed by atoms with Crippen LogP contribution in [0.3, 0.4) is 0 Å². The molecule has 18 heavy (non-hydrogen) atoms. The smallest absolute Gasteiger partial charge is 0.228 e. The molecule has 1 aromatic heterocycles. The summed E-state index contributed by atoms with van der Waals surface area (Å²) in [6, 6.07) is 7.99. The van der Waals surface area contributed by atoms with Crippen molar-refractivity contribution >= 4 is 22.4 Å². The number of aryl methyl sites for hydroxylation is 1. The summed E-state index contributed by atoms with van der Waals surface area (Å²) in [6.45, 7) is 5.72. The maximum atomic E-state index is 11.6. The van der Waals surface area contributed by atoms with Gasteiger partial charge in [-0.25, -0.2) is 0 Å². The van der Waals surface area contributed by atoms with Crippen molar-refractivity contribution in [2.24, 2.45) is 5.92 Å². The van der Waals surface area contributed by atoms with E-state index in [2.05, 4.69) is 15.5 Å². The fraction of sp³-hybridized carbons (Fsp3) is 0.308. The molecule has 0 aliphatic heterocycles. The van der Waals surface area contributed by atoms with E-state index in [0.29, 0.717) is 5.13 Å². The molecule has 1 amide bonds. The highest BCUT2D eigenvalue weighted by Gasteiger charge is 2.12. The van der Waals surface area contributed by atoms with Crippen molar-refractivity contribution < 1.29 is 4.79 Å². The second-order valence-electron chi connectivity index (χ2n) is 4.37. The van der Waals surface area contributed by atoms with E-state index in [-0.39, 0.29) is 11.8 Å². The molecular weight excluding hydrogens is 246 g/mol. The first-order valence-electron chi connectivity index (χ1n) is 5.78. The van der Waals surface area contributed by atoms with E-state index in [1.165, 1.54) is 11.3 Å². The molecular formula is C13H15N3OS. The molecule has 2 rings (SSSR count). The van der Waals surface area contributed by atoms with Gasteiger partial charge in [0.2, 0.25) is 11.0 Å². The van der Waals surface area contributed by atoms with Crippen LogP contribution in [-0.2, 0) is 4.79 Å². The number of rotatable bonds is 3. The summed E-state index contributed by atoms with van der Waals surface area (Å²) in [4.78, 5) is 11.6. The standard InChI is InChI=1S/C13H15N3OS/c1-8(2)11(17)14-13-16-15-12(18-13)10-7-5-4-6-9(10)3/h4-8H,1-3H3,(H,14,16,17). The lowest BCUT2D eigenvalue weighted by Crippen LogP contribution is -2.17. The lowest BCUT2D eigenvalue weighted by molar-refractivity contribution is -0.118. The quantitative estimate of drug-likeness (QED) is 0.923. The molecule has 0 spiro atoms. The van der Waals surface area contributed by atoms with Crippen LogP contribution in [0.4, 0.5) is 5.13 Å². The molecule has 5 heteroatoms. The summed E-state index contributed by atoms with van der Waals surface area (Å²) < 4.78 is 0. The number of carbonyl (C=O) groups excluding carboxylic acids is 1. The topological polar surface area (TPSA) is 54.9 Å². The first-order chi connectivity index (χ1) is 8.58. The number of nitrogens with one attached hydrogen (secondary N) is 1. The number of carbonyl (C=O) groups is 1. The molecule has 0 saturated carbocycles. The van der Waals surface area contributed by atoms with Gasteiger partial charge in [0, 0.05) is 11.5 Å². The lowest BCUT2D eigenvalue weighted by Gasteiger charge is -2.02. The van der Waals surface area contributed by atoms with Gasteiger partial charge < -0.3 is 5.32 Å². The second kappa shape index (κ2) is 5.27. The first kappa shape index (κ1) is 12.7. The van der Waals surface area contributed by atoms with Crippen molar-refractivity contribution in [3.63, 3.8) is 0 Å². The Balaban J connectivity index is 2.21. The summed E-state index contributed by atoms with van der Waals surface area (Å²) in [5, 5.41) is 12.2. The summed E-state index contributed by atoms with van der Waals surface area (Å²) in [5.41, 5.74) is 2.20. The van der Waals surface area contributed by atoms with Gasteiger partial charge in [-0.3, -0.25) is 4.79 Å². The van der Waals surface area contributed by atoms with Gasteiger partial charge in [-0.2, -0.15) is 0 Å². The molecule has 4 nitrogen and oxygen atoms in total. The maximum absolute atomic E-state index is 11.6. The van der Waals surface area contributed by atoms with Crippen LogP contribution in [0.5, 0.6) is 0 Å². The minimum Gasteiger partial charge on any atom is -0.300 e. The van der Waals surface area contributed by atoms with Crippen molar-refractivity contribution in [1.29, 1.82) is 0 Å². The summed E-state index contributed by atoms with van der Waals surface area (Å²) in [5.74, 6) is -0.0988. The van der Waals surface area contributed by atoms with Gasteiger partial charge in [0.1, 0.15) is 5.01 Å². The van der Waals surface area contributed by atoms with Crippen molar-refractivity contribution in [3.05, 3.63) is 29.8 Å². The van der Waals surface area contributed by atoms with E-state index >= 15 is 0 Å². The predicted octanol–water partition coefficient (Wildman–Crippen LogP) is 3.11. The van der Waals surface area contributed by atoms with Crippen LogP contribution in [0, 0.1) is 12.8 Å². The highest BCUT2D eigenvalue weighted by atomic mass is 32.1. The molecule has 0 saturated heterocycles. The molecule has 0 bridgehead atoms. The van der Waals surface area contributed by atoms with Crippen LogP contribution in [0.25, 0.3) is 10.6 Å². The van der Waals surface area contributed by atoms with Crippen LogP contribution in [0.1, 0.15) is 19.4 Å². The van der Waals surface area contributed by atoms with Crippen molar-refractivity contribution in [2.45, 2.75) is 20.8 Å². The van der Waals surface area contributed by atoms with Gasteiger partial charge in [-0.05, 0) is 12.5 Å². The van der Waals surface area contributed by atoms with E-state index in [9.17, 15) is 4.79 Å². The third kappa shape index (κ3) is 2.73. The number of aromatic nitrogens is 2. The largest absolute Gasteiger partial charge is 0.300 e. The van der Waals surface area contributed by atoms with Gasteiger partial charge in [0.25, 0.3) is 0 Å². The molecule has 1 aromatic carbocycles. The predicted molar refractivity (Wildman–Crippen MR) is 73.5 cm³/mol. The third-order valence-corrected chi connectivity index (χ3v) is 3.43. The van der Waals surface area contributed by atoms with E-state index < -0.39 is 0 Å². The van der Waals surface area contributed by atoms with Crippen LogP contribution in [0.2, 0.25) is 0 Å². The minimum atomic E-state index is -0.0594. The first-order valence-corrected chi connectivity index (χ1v) is 6.60. The minimum absolute atomic E-state index is 0.0394. The van der Waals surface area contributed by atoms with Crippen LogP contribution in [-0.4, -0.2) is 16.1 Å². The highest BCUT2D eigenvalue weighted by Crippen LogP contribution is 2.28. The summed E-state index contributed by atoms with van der Waals surface area (Å²) in [7, 11) is 0. The van der Waals surface area contributed by atoms with Crippen molar-refractivity contribution in [1.82, 2.24) is 10.2 Å². The molecule has 1 N–H and O–H groups in total. The Morgan fingerprint density at radius 1 is 1.28 bits per heavy atom. The van der Waals surface area contributed by atoms with E-state index in [4.69, 9.17) is 0 Å². The molecule has 0 unspecified atom stereocenters. The zero-order chi connectivity index (χ0) is 13.1. The molecule has 0 aliphatic rings. The molecule has 0 fully saturated rings. The van der Waals surface area contributed by atoms with Gasteiger partial charge in [0.15, 0.2) is 0 Å². The Bertz CT molecular complexity index is 563. The van der Waals surface area contributed by atoms with Crippen molar-refractivity contribution in [2.75, 3.05) is 5.32 Å². The Morgan fingerprint density at radius 3 is 2.67 bits per heavy atom. The second-order valence-corrected chi connectivity index (χ2v) is 5.35. The number of hydrogen-bond donors (Lipinski definition) is 1. The molecule has 0 aliphatic carbocycles. The Kier molecular flexibility index (Phi) is 3.72. The Labute approximate surface area is 110 Å². The average Bonchev–Trinajstić information content (AvgIpc) is 2.77. The Hall–Kier alpha value is -1.75. The SMILES string of the molecule is Cc1ccccc1-c1nnc(NC(=O)C(C)C)s1. The number of benzene rings is 1. The van der Waals surface area contributed by atoms with Crippen LogP contribution in [0.15, 0.2) is 24.3 Å². The van der Waals surface area contributed by atoms with Crippen LogP contribution < -0.4 is 5.32 Å². The van der Waals surface area contributed by atoms with Gasteiger partial charge in [-0.15, -0.1) is 10.2 Å². The van der Waals surface area contributed by atoms with E-state index in [1.54, 1.807) is 0 Å². The Morgan fingerprint density at radius 2 is 2.00 bits per heavy atom. The normalized spacial score (nSPS) is 10.7. The van der Waals surface area contributed by atoms with Gasteiger partial charge in [-0.1, -0.05) is 49.4 Å².